The largest absolute Gasteiger partial charge is 0.425 e. The van der Waals surface area contributed by atoms with Gasteiger partial charge in [0.05, 0.1) is 18.8 Å². The zero-order valence-corrected chi connectivity index (χ0v) is 14.5. The summed E-state index contributed by atoms with van der Waals surface area (Å²) in [5, 5.41) is 7.98. The van der Waals surface area contributed by atoms with Crippen LogP contribution in [0.2, 0.25) is 0 Å². The van der Waals surface area contributed by atoms with Crippen molar-refractivity contribution in [1.82, 2.24) is 20.1 Å². The molecule has 1 fully saturated rings. The zero-order chi connectivity index (χ0) is 17.8. The molecule has 0 bridgehead atoms. The highest BCUT2D eigenvalue weighted by Crippen LogP contribution is 2.22. The minimum absolute atomic E-state index is 0.0431. The molecule has 0 saturated carbocycles. The first kappa shape index (κ1) is 17.3. The van der Waals surface area contributed by atoms with Crippen molar-refractivity contribution in [2.24, 2.45) is 0 Å². The third-order valence-corrected chi connectivity index (χ3v) is 4.07. The van der Waals surface area contributed by atoms with E-state index in [9.17, 15) is 4.79 Å². The van der Waals surface area contributed by atoms with Gasteiger partial charge in [-0.15, -0.1) is 10.2 Å². The van der Waals surface area contributed by atoms with Crippen molar-refractivity contribution in [3.05, 3.63) is 35.7 Å². The molecule has 2 N–H and O–H groups in total. The van der Waals surface area contributed by atoms with E-state index in [0.29, 0.717) is 50.1 Å². The predicted molar refractivity (Wildman–Crippen MR) is 90.6 cm³/mol. The normalized spacial score (nSPS) is 17.9. The molecule has 1 unspecified atom stereocenters. The van der Waals surface area contributed by atoms with Gasteiger partial charge in [-0.2, -0.15) is 0 Å². The van der Waals surface area contributed by atoms with Crippen LogP contribution in [0.1, 0.15) is 49.8 Å². The minimum Gasteiger partial charge on any atom is -0.425 e. The number of hydrogen-bond acceptors (Lipinski definition) is 7. The SMILES string of the molecule is CC(C)c1nnc(CCC(=O)N2CCOC(c3cccc(N)n3)C2)o1. The van der Waals surface area contributed by atoms with Gasteiger partial charge in [0.15, 0.2) is 0 Å². The third-order valence-electron chi connectivity index (χ3n) is 4.07. The smallest absolute Gasteiger partial charge is 0.223 e. The molecule has 2 aromatic heterocycles. The van der Waals surface area contributed by atoms with Crippen LogP contribution >= 0.6 is 0 Å². The van der Waals surface area contributed by atoms with Gasteiger partial charge in [0.2, 0.25) is 17.7 Å². The Balaban J connectivity index is 1.56. The molecule has 3 rings (SSSR count). The van der Waals surface area contributed by atoms with Crippen LogP contribution in [0.5, 0.6) is 0 Å². The van der Waals surface area contributed by atoms with Crippen molar-refractivity contribution in [2.45, 2.75) is 38.7 Å². The summed E-state index contributed by atoms with van der Waals surface area (Å²) < 4.78 is 11.3. The third kappa shape index (κ3) is 4.33. The number of ether oxygens (including phenoxy) is 1. The summed E-state index contributed by atoms with van der Waals surface area (Å²) >= 11 is 0. The molecule has 0 spiro atoms. The molecule has 8 nitrogen and oxygen atoms in total. The molecule has 1 saturated heterocycles. The Morgan fingerprint density at radius 1 is 1.40 bits per heavy atom. The molecule has 1 atom stereocenters. The summed E-state index contributed by atoms with van der Waals surface area (Å²) in [7, 11) is 0. The number of carbonyl (C=O) groups excluding carboxylic acids is 1. The summed E-state index contributed by atoms with van der Waals surface area (Å²) in [6.45, 7) is 5.49. The maximum atomic E-state index is 12.5. The summed E-state index contributed by atoms with van der Waals surface area (Å²) in [4.78, 5) is 18.6. The van der Waals surface area contributed by atoms with E-state index in [1.54, 1.807) is 11.0 Å². The van der Waals surface area contributed by atoms with Crippen LogP contribution < -0.4 is 5.73 Å². The van der Waals surface area contributed by atoms with Gasteiger partial charge in [-0.3, -0.25) is 4.79 Å². The van der Waals surface area contributed by atoms with E-state index in [2.05, 4.69) is 15.2 Å². The number of nitrogens with zero attached hydrogens (tertiary/aromatic N) is 4. The molecule has 134 valence electrons. The van der Waals surface area contributed by atoms with Gasteiger partial charge in [0.25, 0.3) is 0 Å². The van der Waals surface area contributed by atoms with E-state index >= 15 is 0 Å². The van der Waals surface area contributed by atoms with Crippen molar-refractivity contribution in [1.29, 1.82) is 0 Å². The van der Waals surface area contributed by atoms with Crippen molar-refractivity contribution in [3.63, 3.8) is 0 Å². The first-order valence-corrected chi connectivity index (χ1v) is 8.47. The van der Waals surface area contributed by atoms with Crippen LogP contribution in [0, 0.1) is 0 Å². The maximum absolute atomic E-state index is 12.5. The number of hydrogen-bond donors (Lipinski definition) is 1. The molecule has 2 aromatic rings. The van der Waals surface area contributed by atoms with E-state index in [1.165, 1.54) is 0 Å². The highest BCUT2D eigenvalue weighted by molar-refractivity contribution is 5.76. The Bertz CT molecular complexity index is 731. The Labute approximate surface area is 146 Å². The van der Waals surface area contributed by atoms with Crippen LogP contribution in [0.15, 0.2) is 22.6 Å². The average molecular weight is 345 g/mol. The molecule has 0 aliphatic carbocycles. The monoisotopic (exact) mass is 345 g/mol. The van der Waals surface area contributed by atoms with Crippen LogP contribution in [-0.2, 0) is 16.0 Å². The average Bonchev–Trinajstić information content (AvgIpc) is 3.09. The fourth-order valence-electron chi connectivity index (χ4n) is 2.68. The summed E-state index contributed by atoms with van der Waals surface area (Å²) in [6, 6.07) is 5.43. The van der Waals surface area contributed by atoms with Gasteiger partial charge in [-0.1, -0.05) is 19.9 Å². The van der Waals surface area contributed by atoms with Gasteiger partial charge in [-0.05, 0) is 12.1 Å². The fourth-order valence-corrected chi connectivity index (χ4v) is 2.68. The standard InChI is InChI=1S/C17H23N5O3/c1-11(2)17-21-20-15(25-17)6-7-16(23)22-8-9-24-13(10-22)12-4-3-5-14(18)19-12/h3-5,11,13H,6-10H2,1-2H3,(H2,18,19). The summed E-state index contributed by atoms with van der Waals surface area (Å²) in [5.41, 5.74) is 6.47. The molecule has 0 radical (unpaired) electrons. The lowest BCUT2D eigenvalue weighted by molar-refractivity contribution is -0.139. The first-order valence-electron chi connectivity index (χ1n) is 8.47. The van der Waals surface area contributed by atoms with Crippen LogP contribution in [0.25, 0.3) is 0 Å². The quantitative estimate of drug-likeness (QED) is 0.878. The van der Waals surface area contributed by atoms with Gasteiger partial charge < -0.3 is 19.8 Å². The van der Waals surface area contributed by atoms with Gasteiger partial charge in [0, 0.05) is 25.3 Å². The number of nitrogens with two attached hydrogens (primary N) is 1. The minimum atomic E-state index is -0.253. The molecule has 1 amide bonds. The van der Waals surface area contributed by atoms with Crippen molar-refractivity contribution in [3.8, 4) is 0 Å². The maximum Gasteiger partial charge on any atom is 0.223 e. The lowest BCUT2D eigenvalue weighted by Gasteiger charge is -2.32. The molecule has 0 aromatic carbocycles. The van der Waals surface area contributed by atoms with Crippen molar-refractivity contribution >= 4 is 11.7 Å². The number of pyridine rings is 1. The van der Waals surface area contributed by atoms with E-state index in [4.69, 9.17) is 14.9 Å². The molecule has 25 heavy (non-hydrogen) atoms. The van der Waals surface area contributed by atoms with Gasteiger partial charge in [0.1, 0.15) is 11.9 Å². The van der Waals surface area contributed by atoms with Gasteiger partial charge in [-0.25, -0.2) is 4.98 Å². The Morgan fingerprint density at radius 2 is 2.24 bits per heavy atom. The predicted octanol–water partition coefficient (Wildman–Crippen LogP) is 1.70. The number of aryl methyl sites for hydroxylation is 1. The summed E-state index contributed by atoms with van der Waals surface area (Å²) in [5.74, 6) is 1.77. The second kappa shape index (κ2) is 7.60. The number of aromatic nitrogens is 3. The molecule has 1 aliphatic rings. The zero-order valence-electron chi connectivity index (χ0n) is 14.5. The molecule has 1 aliphatic heterocycles. The Kier molecular flexibility index (Phi) is 5.28. The second-order valence-electron chi connectivity index (χ2n) is 6.38. The van der Waals surface area contributed by atoms with E-state index in [0.717, 1.165) is 5.69 Å². The lowest BCUT2D eigenvalue weighted by atomic mass is 10.1. The number of rotatable bonds is 5. The molecular weight excluding hydrogens is 322 g/mol. The molecular formula is C17H23N5O3. The molecule has 3 heterocycles. The highest BCUT2D eigenvalue weighted by Gasteiger charge is 2.26. The topological polar surface area (TPSA) is 107 Å². The van der Waals surface area contributed by atoms with Crippen LogP contribution in [0.4, 0.5) is 5.82 Å². The molecule has 8 heteroatoms. The van der Waals surface area contributed by atoms with Gasteiger partial charge >= 0.3 is 0 Å². The number of anilines is 1. The number of nitrogen functional groups attached to an aromatic ring is 1. The van der Waals surface area contributed by atoms with Crippen LogP contribution in [-0.4, -0.2) is 45.7 Å². The van der Waals surface area contributed by atoms with E-state index < -0.39 is 0 Å². The van der Waals surface area contributed by atoms with Crippen molar-refractivity contribution in [2.75, 3.05) is 25.4 Å². The summed E-state index contributed by atoms with van der Waals surface area (Å²) in [6.07, 6.45) is 0.519. The van der Waals surface area contributed by atoms with E-state index in [1.807, 2.05) is 26.0 Å². The van der Waals surface area contributed by atoms with E-state index in [-0.39, 0.29) is 17.9 Å². The Morgan fingerprint density at radius 3 is 2.96 bits per heavy atom. The highest BCUT2D eigenvalue weighted by atomic mass is 16.5. The Hall–Kier alpha value is -2.48. The first-order chi connectivity index (χ1) is 12.0. The lowest BCUT2D eigenvalue weighted by Crippen LogP contribution is -2.42. The van der Waals surface area contributed by atoms with Crippen LogP contribution in [0.3, 0.4) is 0 Å². The second-order valence-corrected chi connectivity index (χ2v) is 6.38. The number of amides is 1. The van der Waals surface area contributed by atoms with Crippen molar-refractivity contribution < 1.29 is 13.9 Å². The number of carbonyl (C=O) groups is 1. The number of morpholine rings is 1. The fraction of sp³-hybridized carbons (Fsp3) is 0.529.